The molecular weight excluding hydrogens is 214 g/mol. The molecule has 3 N–H and O–H groups in total. The van der Waals surface area contributed by atoms with E-state index in [0.717, 1.165) is 7.11 Å². The number of esters is 1. The minimum absolute atomic E-state index is 0.212. The van der Waals surface area contributed by atoms with Crippen LogP contribution in [0.4, 0.5) is 0 Å². The van der Waals surface area contributed by atoms with Crippen molar-refractivity contribution in [3.8, 4) is 0 Å². The standard InChI is InChI=1S/C10H13NO5/c1-16-10(15)9(14)8(13)6-2-3-7(5-12)11-4-6/h2-4,8-9,12-14H,5H2,1H3. The van der Waals surface area contributed by atoms with E-state index in [0.29, 0.717) is 5.69 Å². The smallest absolute Gasteiger partial charge is 0.337 e. The number of rotatable bonds is 4. The zero-order valence-electron chi connectivity index (χ0n) is 8.70. The highest BCUT2D eigenvalue weighted by molar-refractivity contribution is 5.75. The molecule has 0 saturated heterocycles. The number of methoxy groups -OCH3 is 1. The number of aliphatic hydroxyl groups excluding tert-OH is 3. The number of pyridine rings is 1. The summed E-state index contributed by atoms with van der Waals surface area (Å²) >= 11 is 0. The summed E-state index contributed by atoms with van der Waals surface area (Å²) in [6.45, 7) is -0.212. The first kappa shape index (κ1) is 12.6. The van der Waals surface area contributed by atoms with Crippen molar-refractivity contribution in [2.75, 3.05) is 7.11 Å². The van der Waals surface area contributed by atoms with Crippen LogP contribution in [0.5, 0.6) is 0 Å². The monoisotopic (exact) mass is 227 g/mol. The molecular formula is C10H13NO5. The summed E-state index contributed by atoms with van der Waals surface area (Å²) in [6.07, 6.45) is -1.76. The predicted molar refractivity (Wildman–Crippen MR) is 53.1 cm³/mol. The average molecular weight is 227 g/mol. The number of aromatic nitrogens is 1. The number of nitrogens with zero attached hydrogens (tertiary/aromatic N) is 1. The highest BCUT2D eigenvalue weighted by atomic mass is 16.5. The van der Waals surface area contributed by atoms with Gasteiger partial charge in [-0.3, -0.25) is 4.98 Å². The van der Waals surface area contributed by atoms with E-state index in [2.05, 4.69) is 9.72 Å². The summed E-state index contributed by atoms with van der Waals surface area (Å²) in [5.41, 5.74) is 0.707. The predicted octanol–water partition coefficient (Wildman–Crippen LogP) is -0.859. The molecule has 1 heterocycles. The highest BCUT2D eigenvalue weighted by Crippen LogP contribution is 2.17. The van der Waals surface area contributed by atoms with Gasteiger partial charge in [-0.25, -0.2) is 4.79 Å². The molecule has 0 amide bonds. The fourth-order valence-corrected chi connectivity index (χ4v) is 1.14. The fraction of sp³-hybridized carbons (Fsp3) is 0.400. The van der Waals surface area contributed by atoms with Gasteiger partial charge in [0.05, 0.1) is 19.4 Å². The minimum Gasteiger partial charge on any atom is -0.467 e. The lowest BCUT2D eigenvalue weighted by atomic mass is 10.1. The Labute approximate surface area is 92.1 Å². The fourth-order valence-electron chi connectivity index (χ4n) is 1.14. The molecule has 16 heavy (non-hydrogen) atoms. The first-order chi connectivity index (χ1) is 7.60. The van der Waals surface area contributed by atoms with Gasteiger partial charge in [-0.15, -0.1) is 0 Å². The molecule has 2 atom stereocenters. The quantitative estimate of drug-likeness (QED) is 0.579. The molecule has 0 aliphatic rings. The topological polar surface area (TPSA) is 99.9 Å². The average Bonchev–Trinajstić information content (AvgIpc) is 2.36. The molecule has 6 heteroatoms. The van der Waals surface area contributed by atoms with Crippen molar-refractivity contribution >= 4 is 5.97 Å². The van der Waals surface area contributed by atoms with Gasteiger partial charge in [-0.1, -0.05) is 6.07 Å². The van der Waals surface area contributed by atoms with E-state index in [-0.39, 0.29) is 12.2 Å². The molecule has 6 nitrogen and oxygen atoms in total. The van der Waals surface area contributed by atoms with Crippen molar-refractivity contribution in [2.45, 2.75) is 18.8 Å². The number of carbonyl (C=O) groups excluding carboxylic acids is 1. The molecule has 2 unspecified atom stereocenters. The Morgan fingerprint density at radius 3 is 2.62 bits per heavy atom. The third kappa shape index (κ3) is 2.75. The summed E-state index contributed by atoms with van der Waals surface area (Å²) in [5.74, 6) is -0.918. The van der Waals surface area contributed by atoms with Crippen LogP contribution < -0.4 is 0 Å². The SMILES string of the molecule is COC(=O)C(O)C(O)c1ccc(CO)nc1. The van der Waals surface area contributed by atoms with E-state index in [1.165, 1.54) is 18.3 Å². The molecule has 1 rings (SSSR count). The highest BCUT2D eigenvalue weighted by Gasteiger charge is 2.26. The number of hydrogen-bond donors (Lipinski definition) is 3. The zero-order chi connectivity index (χ0) is 12.1. The Morgan fingerprint density at radius 2 is 2.19 bits per heavy atom. The minimum atomic E-state index is -1.65. The Morgan fingerprint density at radius 1 is 1.50 bits per heavy atom. The van der Waals surface area contributed by atoms with E-state index in [1.54, 1.807) is 0 Å². The van der Waals surface area contributed by atoms with Gasteiger partial charge in [0.15, 0.2) is 6.10 Å². The van der Waals surface area contributed by atoms with E-state index in [9.17, 15) is 15.0 Å². The Kier molecular flexibility index (Phi) is 4.36. The lowest BCUT2D eigenvalue weighted by molar-refractivity contribution is -0.156. The first-order valence-corrected chi connectivity index (χ1v) is 4.59. The van der Waals surface area contributed by atoms with Crippen LogP contribution in [-0.2, 0) is 16.1 Å². The van der Waals surface area contributed by atoms with Gasteiger partial charge in [0, 0.05) is 11.8 Å². The molecule has 88 valence electrons. The molecule has 0 bridgehead atoms. The first-order valence-electron chi connectivity index (χ1n) is 4.59. The van der Waals surface area contributed by atoms with Crippen LogP contribution >= 0.6 is 0 Å². The van der Waals surface area contributed by atoms with Crippen LogP contribution in [0.2, 0.25) is 0 Å². The maximum Gasteiger partial charge on any atom is 0.337 e. The molecule has 0 aliphatic heterocycles. The largest absolute Gasteiger partial charge is 0.467 e. The molecule has 0 radical (unpaired) electrons. The molecule has 0 aromatic carbocycles. The second-order valence-corrected chi connectivity index (χ2v) is 3.15. The molecule has 0 aliphatic carbocycles. The Balaban J connectivity index is 2.79. The van der Waals surface area contributed by atoms with E-state index in [1.807, 2.05) is 0 Å². The number of aliphatic hydroxyl groups is 3. The Hall–Kier alpha value is -1.50. The Bertz CT molecular complexity index is 351. The maximum absolute atomic E-state index is 11.0. The van der Waals surface area contributed by atoms with E-state index < -0.39 is 18.2 Å². The summed E-state index contributed by atoms with van der Waals surface area (Å²) < 4.78 is 4.29. The summed E-state index contributed by atoms with van der Waals surface area (Å²) in [6, 6.07) is 2.96. The van der Waals surface area contributed by atoms with Gasteiger partial charge >= 0.3 is 5.97 Å². The van der Waals surface area contributed by atoms with Crippen molar-refractivity contribution in [3.05, 3.63) is 29.6 Å². The molecule has 1 aromatic heterocycles. The second-order valence-electron chi connectivity index (χ2n) is 3.15. The summed E-state index contributed by atoms with van der Waals surface area (Å²) in [5, 5.41) is 27.7. The van der Waals surface area contributed by atoms with E-state index in [4.69, 9.17) is 5.11 Å². The molecule has 0 spiro atoms. The van der Waals surface area contributed by atoms with Gasteiger partial charge in [0.25, 0.3) is 0 Å². The number of carbonyl (C=O) groups is 1. The van der Waals surface area contributed by atoms with E-state index >= 15 is 0 Å². The van der Waals surface area contributed by atoms with Crippen LogP contribution in [-0.4, -0.2) is 39.5 Å². The van der Waals surface area contributed by atoms with Gasteiger partial charge in [0.1, 0.15) is 6.10 Å². The van der Waals surface area contributed by atoms with Crippen LogP contribution in [0, 0.1) is 0 Å². The summed E-state index contributed by atoms with van der Waals surface area (Å²) in [4.78, 5) is 14.8. The van der Waals surface area contributed by atoms with Gasteiger partial charge in [0.2, 0.25) is 0 Å². The number of ether oxygens (including phenoxy) is 1. The third-order valence-corrected chi connectivity index (χ3v) is 2.09. The van der Waals surface area contributed by atoms with Gasteiger partial charge in [-0.2, -0.15) is 0 Å². The normalized spacial score (nSPS) is 14.2. The molecule has 1 aromatic rings. The lowest BCUT2D eigenvalue weighted by Crippen LogP contribution is -2.29. The van der Waals surface area contributed by atoms with Crippen molar-refractivity contribution in [1.82, 2.24) is 4.98 Å². The van der Waals surface area contributed by atoms with Crippen LogP contribution in [0.25, 0.3) is 0 Å². The maximum atomic E-state index is 11.0. The van der Waals surface area contributed by atoms with Gasteiger partial charge in [-0.05, 0) is 6.07 Å². The van der Waals surface area contributed by atoms with Crippen LogP contribution in [0.1, 0.15) is 17.4 Å². The van der Waals surface area contributed by atoms with Crippen LogP contribution in [0.15, 0.2) is 18.3 Å². The van der Waals surface area contributed by atoms with Crippen molar-refractivity contribution in [1.29, 1.82) is 0 Å². The van der Waals surface area contributed by atoms with Gasteiger partial charge < -0.3 is 20.1 Å². The molecule has 0 fully saturated rings. The number of hydrogen-bond acceptors (Lipinski definition) is 6. The van der Waals surface area contributed by atoms with Crippen molar-refractivity contribution in [3.63, 3.8) is 0 Å². The lowest BCUT2D eigenvalue weighted by Gasteiger charge is -2.15. The van der Waals surface area contributed by atoms with Crippen LogP contribution in [0.3, 0.4) is 0 Å². The third-order valence-electron chi connectivity index (χ3n) is 2.09. The molecule has 0 saturated carbocycles. The second kappa shape index (κ2) is 5.55. The summed E-state index contributed by atoms with van der Waals surface area (Å²) in [7, 11) is 1.12. The van der Waals surface area contributed by atoms with Crippen molar-refractivity contribution < 1.29 is 24.9 Å². The van der Waals surface area contributed by atoms with Crippen molar-refractivity contribution in [2.24, 2.45) is 0 Å². The zero-order valence-corrected chi connectivity index (χ0v) is 8.70.